The van der Waals surface area contributed by atoms with Crippen LogP contribution in [0.4, 0.5) is 17.1 Å². The summed E-state index contributed by atoms with van der Waals surface area (Å²) in [6.45, 7) is 0. The Kier molecular flexibility index (Phi) is 9.27. The molecule has 0 radical (unpaired) electrons. The first-order valence-electron chi connectivity index (χ1n) is 24.2. The minimum absolute atomic E-state index is 0.489. The Hall–Kier alpha value is -8.56. The Morgan fingerprint density at radius 2 is 0.671 bits per heavy atom. The van der Waals surface area contributed by atoms with Crippen LogP contribution < -0.4 is 4.90 Å². The highest BCUT2D eigenvalue weighted by Crippen LogP contribution is 2.59. The molecule has 0 saturated carbocycles. The van der Waals surface area contributed by atoms with Crippen molar-refractivity contribution in [3.8, 4) is 33.4 Å². The van der Waals surface area contributed by atoms with Crippen molar-refractivity contribution in [1.82, 2.24) is 0 Å². The zero-order valence-electron chi connectivity index (χ0n) is 38.3. The van der Waals surface area contributed by atoms with Crippen molar-refractivity contribution in [2.45, 2.75) is 10.8 Å². The van der Waals surface area contributed by atoms with E-state index >= 15 is 0 Å². The summed E-state index contributed by atoms with van der Waals surface area (Å²) in [5.74, 6) is 0. The van der Waals surface area contributed by atoms with Crippen LogP contribution in [0.2, 0.25) is 0 Å². The Morgan fingerprint density at radius 1 is 0.271 bits per heavy atom. The average molecular weight is 908 g/mol. The maximum atomic E-state index is 2.48. The van der Waals surface area contributed by atoms with Crippen molar-refractivity contribution in [1.29, 1.82) is 0 Å². The lowest BCUT2D eigenvalue weighted by Crippen LogP contribution is -2.29. The Balaban J connectivity index is 0.977. The summed E-state index contributed by atoms with van der Waals surface area (Å²) in [7, 11) is 0. The van der Waals surface area contributed by atoms with Crippen LogP contribution in [0.25, 0.3) is 53.6 Å². The van der Waals surface area contributed by atoms with Crippen LogP contribution in [-0.4, -0.2) is 0 Å². The van der Waals surface area contributed by atoms with Crippen molar-refractivity contribution in [2.24, 2.45) is 0 Å². The Bertz CT molecular complexity index is 3840. The van der Waals surface area contributed by atoms with Crippen LogP contribution in [0.5, 0.6) is 0 Å². The van der Waals surface area contributed by atoms with Crippen LogP contribution in [0.3, 0.4) is 0 Å². The molecule has 0 bridgehead atoms. The van der Waals surface area contributed by atoms with Crippen LogP contribution in [0.15, 0.2) is 273 Å². The third-order valence-corrected chi connectivity index (χ3v) is 16.5. The summed E-state index contributed by atoms with van der Waals surface area (Å²) in [6.07, 6.45) is 0. The molecule has 0 saturated heterocycles. The summed E-state index contributed by atoms with van der Waals surface area (Å²) in [5, 5.41) is 2.62. The molecule has 0 spiro atoms. The first-order chi connectivity index (χ1) is 34.7. The smallest absolute Gasteiger partial charge is 0.0714 e. The number of fused-ring (bicyclic) bond motifs is 9. The number of anilines is 3. The highest BCUT2D eigenvalue weighted by Gasteiger charge is 2.47. The second-order valence-corrected chi connectivity index (χ2v) is 19.7. The van der Waals surface area contributed by atoms with Crippen LogP contribution >= 0.6 is 11.3 Å². The summed E-state index contributed by atoms with van der Waals surface area (Å²) in [5.41, 5.74) is 20.1. The van der Waals surface area contributed by atoms with Gasteiger partial charge in [-0.25, -0.2) is 0 Å². The quantitative estimate of drug-likeness (QED) is 0.147. The van der Waals surface area contributed by atoms with E-state index in [1.54, 1.807) is 0 Å². The molecule has 70 heavy (non-hydrogen) atoms. The first-order valence-corrected chi connectivity index (χ1v) is 25.1. The molecule has 0 N–H and O–H groups in total. The van der Waals surface area contributed by atoms with Gasteiger partial charge in [0.25, 0.3) is 0 Å². The fraction of sp³-hybridized carbons (Fsp3) is 0.0294. The normalized spacial score (nSPS) is 13.7. The lowest BCUT2D eigenvalue weighted by molar-refractivity contribution is 0.768. The van der Waals surface area contributed by atoms with Gasteiger partial charge >= 0.3 is 0 Å². The zero-order chi connectivity index (χ0) is 46.2. The predicted octanol–water partition coefficient (Wildman–Crippen LogP) is 17.9. The number of rotatable bonds is 8. The van der Waals surface area contributed by atoms with E-state index in [1.165, 1.54) is 98.1 Å². The van der Waals surface area contributed by atoms with E-state index in [1.807, 2.05) is 11.3 Å². The van der Waals surface area contributed by atoms with Gasteiger partial charge in [-0.15, -0.1) is 11.3 Å². The molecule has 14 rings (SSSR count). The molecule has 328 valence electrons. The summed E-state index contributed by atoms with van der Waals surface area (Å²) < 4.78 is 2.64. The maximum absolute atomic E-state index is 2.48. The first kappa shape index (κ1) is 40.5. The second-order valence-electron chi connectivity index (χ2n) is 18.7. The highest BCUT2D eigenvalue weighted by molar-refractivity contribution is 7.26. The number of hydrogen-bond acceptors (Lipinski definition) is 2. The third kappa shape index (κ3) is 5.84. The van der Waals surface area contributed by atoms with Gasteiger partial charge in [0, 0.05) is 37.2 Å². The number of hydrogen-bond donors (Lipinski definition) is 0. The van der Waals surface area contributed by atoms with Gasteiger partial charge in [0.05, 0.1) is 10.8 Å². The lowest BCUT2D eigenvalue weighted by atomic mass is 9.67. The van der Waals surface area contributed by atoms with Gasteiger partial charge in [-0.2, -0.15) is 0 Å². The molecule has 1 aromatic heterocycles. The van der Waals surface area contributed by atoms with Gasteiger partial charge < -0.3 is 4.90 Å². The fourth-order valence-corrected chi connectivity index (χ4v) is 13.6. The molecule has 2 aliphatic carbocycles. The Morgan fingerprint density at radius 3 is 1.23 bits per heavy atom. The van der Waals surface area contributed by atoms with Gasteiger partial charge in [0.2, 0.25) is 0 Å². The topological polar surface area (TPSA) is 3.24 Å². The Labute approximate surface area is 412 Å². The standard InChI is InChI=1S/C68H45NS/c1-4-19-47(20-5-1)67(61-31-14-10-25-55(61)56-26-11-15-32-62(56)67)50-37-41-52(42-38-50)69(51-39-35-46(36-40-51)54-29-18-30-60-59-28-13-17-34-65(59)70-66(54)60)53-43-44-58-57-27-12-16-33-63(57)68(64(58)45-53,48-21-6-2-7-22-48)49-23-8-3-9-24-49/h1-45H. The van der Waals surface area contributed by atoms with E-state index in [4.69, 9.17) is 0 Å². The number of thiophene rings is 1. The third-order valence-electron chi connectivity index (χ3n) is 15.3. The van der Waals surface area contributed by atoms with Crippen molar-refractivity contribution < 1.29 is 0 Å². The molecule has 0 atom stereocenters. The summed E-state index contributed by atoms with van der Waals surface area (Å²) in [6, 6.07) is 102. The number of benzene rings is 11. The van der Waals surface area contributed by atoms with Gasteiger partial charge in [-0.05, 0) is 120 Å². The molecule has 0 amide bonds. The molecule has 0 unspecified atom stereocenters. The molecule has 2 heteroatoms. The number of nitrogens with zero attached hydrogens (tertiary/aromatic N) is 1. The van der Waals surface area contributed by atoms with E-state index in [9.17, 15) is 0 Å². The van der Waals surface area contributed by atoms with Crippen LogP contribution in [0.1, 0.15) is 44.5 Å². The van der Waals surface area contributed by atoms with Gasteiger partial charge in [0.15, 0.2) is 0 Å². The molecule has 11 aromatic carbocycles. The molecular weight excluding hydrogens is 863 g/mol. The van der Waals surface area contributed by atoms with Gasteiger partial charge in [-0.1, -0.05) is 231 Å². The van der Waals surface area contributed by atoms with E-state index in [0.717, 1.165) is 17.1 Å². The van der Waals surface area contributed by atoms with Crippen molar-refractivity contribution in [2.75, 3.05) is 4.90 Å². The van der Waals surface area contributed by atoms with Crippen molar-refractivity contribution in [3.63, 3.8) is 0 Å². The average Bonchev–Trinajstić information content (AvgIpc) is 4.07. The minimum atomic E-state index is -0.530. The van der Waals surface area contributed by atoms with Gasteiger partial charge in [-0.3, -0.25) is 0 Å². The molecule has 2 aliphatic rings. The molecule has 0 aliphatic heterocycles. The predicted molar refractivity (Wildman–Crippen MR) is 294 cm³/mol. The van der Waals surface area contributed by atoms with Crippen molar-refractivity contribution in [3.05, 3.63) is 317 Å². The molecule has 0 fully saturated rings. The monoisotopic (exact) mass is 907 g/mol. The van der Waals surface area contributed by atoms with E-state index in [0.29, 0.717) is 0 Å². The lowest BCUT2D eigenvalue weighted by Gasteiger charge is -2.35. The largest absolute Gasteiger partial charge is 0.310 e. The maximum Gasteiger partial charge on any atom is 0.0714 e. The minimum Gasteiger partial charge on any atom is -0.310 e. The molecular formula is C68H45NS. The molecule has 12 aromatic rings. The molecule has 1 heterocycles. The summed E-state index contributed by atoms with van der Waals surface area (Å²) in [4.78, 5) is 2.46. The SMILES string of the molecule is c1ccc(C2(c3ccc(N(c4ccc(-c5cccc6c5sc5ccccc56)cc4)c4ccc5c(c4)C(c4ccccc4)(c4ccccc4)c4ccccc4-5)cc3)c3ccccc3-c3ccccc32)cc1. The van der Waals surface area contributed by atoms with E-state index in [2.05, 4.69) is 278 Å². The fourth-order valence-electron chi connectivity index (χ4n) is 12.4. The van der Waals surface area contributed by atoms with Gasteiger partial charge in [0.1, 0.15) is 0 Å². The van der Waals surface area contributed by atoms with E-state index < -0.39 is 10.8 Å². The van der Waals surface area contributed by atoms with Crippen LogP contribution in [-0.2, 0) is 10.8 Å². The van der Waals surface area contributed by atoms with Crippen LogP contribution in [0, 0.1) is 0 Å². The second kappa shape index (κ2) is 16.0. The zero-order valence-corrected chi connectivity index (χ0v) is 39.2. The van der Waals surface area contributed by atoms with Crippen molar-refractivity contribution >= 4 is 48.6 Å². The molecule has 1 nitrogen and oxygen atoms in total. The van der Waals surface area contributed by atoms with E-state index in [-0.39, 0.29) is 0 Å². The summed E-state index contributed by atoms with van der Waals surface area (Å²) >= 11 is 1.88. The highest BCUT2D eigenvalue weighted by atomic mass is 32.1.